The van der Waals surface area contributed by atoms with Crippen molar-refractivity contribution in [2.75, 3.05) is 18.9 Å². The molecule has 1 saturated carbocycles. The third kappa shape index (κ3) is 0.966. The second-order valence-electron chi connectivity index (χ2n) is 3.17. The predicted octanol–water partition coefficient (Wildman–Crippen LogP) is 0.865. The molecule has 0 aromatic carbocycles. The minimum atomic E-state index is 0.223. The fourth-order valence-electron chi connectivity index (χ4n) is 1.45. The molecule has 0 bridgehead atoms. The van der Waals surface area contributed by atoms with Crippen molar-refractivity contribution in [1.29, 1.82) is 0 Å². The Labute approximate surface area is 65.7 Å². The molecular weight excluding hydrogens is 146 g/mol. The lowest BCUT2D eigenvalue weighted by Crippen LogP contribution is -2.32. The van der Waals surface area contributed by atoms with Crippen molar-refractivity contribution in [1.82, 2.24) is 4.31 Å². The number of aliphatic hydroxyl groups excluding tert-OH is 1. The molecule has 1 heterocycles. The Hall–Kier alpha value is 0.270. The first-order chi connectivity index (χ1) is 4.87. The van der Waals surface area contributed by atoms with E-state index in [1.165, 1.54) is 31.6 Å². The molecule has 0 aromatic heterocycles. The summed E-state index contributed by atoms with van der Waals surface area (Å²) >= 11 is 1.91. The van der Waals surface area contributed by atoms with Gasteiger partial charge >= 0.3 is 0 Å². The molecule has 2 rings (SSSR count). The highest BCUT2D eigenvalue weighted by molar-refractivity contribution is 7.97. The average molecular weight is 159 g/mol. The molecule has 3 heteroatoms. The van der Waals surface area contributed by atoms with Crippen molar-refractivity contribution in [2.45, 2.75) is 24.8 Å². The zero-order valence-corrected chi connectivity index (χ0v) is 6.86. The quantitative estimate of drug-likeness (QED) is 0.605. The van der Waals surface area contributed by atoms with Crippen LogP contribution in [-0.4, -0.2) is 33.9 Å². The van der Waals surface area contributed by atoms with Gasteiger partial charge in [0.25, 0.3) is 0 Å². The van der Waals surface area contributed by atoms with Crippen LogP contribution in [0.25, 0.3) is 0 Å². The van der Waals surface area contributed by atoms with Crippen LogP contribution in [0.2, 0.25) is 0 Å². The van der Waals surface area contributed by atoms with Crippen LogP contribution in [0.1, 0.15) is 19.3 Å². The number of aliphatic hydroxyl groups is 1. The maximum atomic E-state index is 9.06. The van der Waals surface area contributed by atoms with Crippen LogP contribution < -0.4 is 0 Å². The summed E-state index contributed by atoms with van der Waals surface area (Å²) in [6, 6.07) is 0. The van der Waals surface area contributed by atoms with Gasteiger partial charge in [0.15, 0.2) is 0 Å². The smallest absolute Gasteiger partial charge is 0.0624 e. The van der Waals surface area contributed by atoms with Crippen molar-refractivity contribution >= 4 is 11.9 Å². The van der Waals surface area contributed by atoms with Gasteiger partial charge in [-0.1, -0.05) is 11.9 Å². The van der Waals surface area contributed by atoms with Crippen molar-refractivity contribution in [3.05, 3.63) is 0 Å². The molecule has 2 fully saturated rings. The van der Waals surface area contributed by atoms with Crippen molar-refractivity contribution in [3.63, 3.8) is 0 Å². The number of hydrogen-bond acceptors (Lipinski definition) is 3. The maximum Gasteiger partial charge on any atom is 0.0624 e. The van der Waals surface area contributed by atoms with Crippen LogP contribution in [0, 0.1) is 0 Å². The van der Waals surface area contributed by atoms with Gasteiger partial charge in [0.2, 0.25) is 0 Å². The second kappa shape index (κ2) is 2.40. The lowest BCUT2D eigenvalue weighted by molar-refractivity contribution is 0.184. The summed E-state index contributed by atoms with van der Waals surface area (Å²) < 4.78 is 2.38. The predicted molar refractivity (Wildman–Crippen MR) is 42.8 cm³/mol. The van der Waals surface area contributed by atoms with Gasteiger partial charge in [-0.15, -0.1) is 0 Å². The Morgan fingerprint density at radius 1 is 1.50 bits per heavy atom. The largest absolute Gasteiger partial charge is 0.394 e. The fourth-order valence-corrected chi connectivity index (χ4v) is 2.70. The third-order valence-corrected chi connectivity index (χ3v) is 3.76. The van der Waals surface area contributed by atoms with Crippen LogP contribution in [0.3, 0.4) is 0 Å². The van der Waals surface area contributed by atoms with E-state index in [-0.39, 0.29) is 5.54 Å². The summed E-state index contributed by atoms with van der Waals surface area (Å²) in [5.74, 6) is 1.25. The zero-order chi connectivity index (χ0) is 7.03. The van der Waals surface area contributed by atoms with Crippen LogP contribution in [-0.2, 0) is 0 Å². The van der Waals surface area contributed by atoms with E-state index in [1.54, 1.807) is 0 Å². The van der Waals surface area contributed by atoms with E-state index in [0.717, 1.165) is 0 Å². The zero-order valence-electron chi connectivity index (χ0n) is 6.05. The van der Waals surface area contributed by atoms with E-state index in [1.807, 2.05) is 11.9 Å². The summed E-state index contributed by atoms with van der Waals surface area (Å²) in [6.45, 7) is 1.55. The Kier molecular flexibility index (Phi) is 1.66. The molecule has 10 heavy (non-hydrogen) atoms. The van der Waals surface area contributed by atoms with Gasteiger partial charge in [-0.05, 0) is 19.3 Å². The van der Waals surface area contributed by atoms with Gasteiger partial charge in [-0.3, -0.25) is 0 Å². The minimum absolute atomic E-state index is 0.223. The van der Waals surface area contributed by atoms with E-state index in [0.29, 0.717) is 6.61 Å². The van der Waals surface area contributed by atoms with E-state index < -0.39 is 0 Å². The fraction of sp³-hybridized carbons (Fsp3) is 1.00. The van der Waals surface area contributed by atoms with Gasteiger partial charge in [0, 0.05) is 12.3 Å². The van der Waals surface area contributed by atoms with Crippen molar-refractivity contribution in [3.8, 4) is 0 Å². The standard InChI is InChI=1S/C7H13NOS/c9-6-7(2-3-7)8-4-1-5-10-8/h9H,1-6H2. The molecule has 2 nitrogen and oxygen atoms in total. The van der Waals surface area contributed by atoms with E-state index in [2.05, 4.69) is 4.31 Å². The van der Waals surface area contributed by atoms with Crippen LogP contribution in [0.15, 0.2) is 0 Å². The van der Waals surface area contributed by atoms with Gasteiger partial charge in [-0.25, -0.2) is 4.31 Å². The Morgan fingerprint density at radius 3 is 2.70 bits per heavy atom. The molecule has 0 unspecified atom stereocenters. The molecular formula is C7H13NOS. The van der Waals surface area contributed by atoms with Crippen LogP contribution in [0.4, 0.5) is 0 Å². The summed E-state index contributed by atoms with van der Waals surface area (Å²) in [4.78, 5) is 0. The van der Waals surface area contributed by atoms with Crippen LogP contribution in [0.5, 0.6) is 0 Å². The summed E-state index contributed by atoms with van der Waals surface area (Å²) in [5.41, 5.74) is 0.223. The highest BCUT2D eigenvalue weighted by Crippen LogP contribution is 2.46. The summed E-state index contributed by atoms with van der Waals surface area (Å²) in [6.07, 6.45) is 3.71. The summed E-state index contributed by atoms with van der Waals surface area (Å²) in [7, 11) is 0. The topological polar surface area (TPSA) is 23.5 Å². The van der Waals surface area contributed by atoms with E-state index >= 15 is 0 Å². The molecule has 0 spiro atoms. The molecule has 1 saturated heterocycles. The Morgan fingerprint density at radius 2 is 2.30 bits per heavy atom. The molecule has 1 aliphatic carbocycles. The van der Waals surface area contributed by atoms with Crippen molar-refractivity contribution < 1.29 is 5.11 Å². The highest BCUT2D eigenvalue weighted by atomic mass is 32.2. The van der Waals surface area contributed by atoms with Gasteiger partial charge in [0.1, 0.15) is 0 Å². The second-order valence-corrected chi connectivity index (χ2v) is 4.28. The molecule has 0 amide bonds. The normalized spacial score (nSPS) is 30.9. The molecule has 1 N–H and O–H groups in total. The Bertz CT molecular complexity index is 130. The van der Waals surface area contributed by atoms with E-state index in [9.17, 15) is 0 Å². The van der Waals surface area contributed by atoms with E-state index in [4.69, 9.17) is 5.11 Å². The molecule has 0 radical (unpaired) electrons. The van der Waals surface area contributed by atoms with Crippen LogP contribution >= 0.6 is 11.9 Å². The molecule has 0 atom stereocenters. The molecule has 58 valence electrons. The molecule has 0 aromatic rings. The maximum absolute atomic E-state index is 9.06. The highest BCUT2D eigenvalue weighted by Gasteiger charge is 2.48. The first-order valence-corrected chi connectivity index (χ1v) is 4.83. The number of hydrogen-bond donors (Lipinski definition) is 1. The average Bonchev–Trinajstić information content (AvgIpc) is 2.58. The van der Waals surface area contributed by atoms with Gasteiger partial charge < -0.3 is 5.11 Å². The number of nitrogens with zero attached hydrogens (tertiary/aromatic N) is 1. The van der Waals surface area contributed by atoms with Gasteiger partial charge in [0.05, 0.1) is 12.1 Å². The first kappa shape index (κ1) is 6.95. The minimum Gasteiger partial charge on any atom is -0.394 e. The Balaban J connectivity index is 1.96. The lowest BCUT2D eigenvalue weighted by atomic mass is 10.3. The lowest BCUT2D eigenvalue weighted by Gasteiger charge is -2.23. The summed E-state index contributed by atoms with van der Waals surface area (Å²) in [5, 5.41) is 9.06. The third-order valence-electron chi connectivity index (χ3n) is 2.40. The molecule has 2 aliphatic rings. The molecule has 1 aliphatic heterocycles. The number of rotatable bonds is 2. The first-order valence-electron chi connectivity index (χ1n) is 3.89. The SMILES string of the molecule is OCC1(N2CCCS2)CC1. The van der Waals surface area contributed by atoms with Crippen molar-refractivity contribution in [2.24, 2.45) is 0 Å². The van der Waals surface area contributed by atoms with Gasteiger partial charge in [-0.2, -0.15) is 0 Å². The monoisotopic (exact) mass is 159 g/mol.